The van der Waals surface area contributed by atoms with E-state index in [9.17, 15) is 9.59 Å². The third kappa shape index (κ3) is 3.42. The Morgan fingerprint density at radius 2 is 1.95 bits per heavy atom. The molecule has 0 saturated carbocycles. The molecule has 5 heteroatoms. The van der Waals surface area contributed by atoms with E-state index in [-0.39, 0.29) is 5.78 Å². The highest BCUT2D eigenvalue weighted by molar-refractivity contribution is 7.80. The molecular weight excluding hydrogens is 274 g/mol. The summed E-state index contributed by atoms with van der Waals surface area (Å²) in [6, 6.07) is 8.55. The number of carboxylic acids is 1. The highest BCUT2D eigenvalue weighted by Gasteiger charge is 2.31. The average molecular weight is 291 g/mol. The second-order valence-electron chi connectivity index (χ2n) is 4.87. The van der Waals surface area contributed by atoms with E-state index in [1.54, 1.807) is 17.0 Å². The highest BCUT2D eigenvalue weighted by Crippen LogP contribution is 2.20. The summed E-state index contributed by atoms with van der Waals surface area (Å²) >= 11 is 5.29. The topological polar surface area (TPSA) is 57.6 Å². The lowest BCUT2D eigenvalue weighted by atomic mass is 10.1. The second-order valence-corrected chi connectivity index (χ2v) is 5.34. The first kappa shape index (κ1) is 14.7. The van der Waals surface area contributed by atoms with Gasteiger partial charge < -0.3 is 10.0 Å². The van der Waals surface area contributed by atoms with Crippen LogP contribution in [0.5, 0.6) is 0 Å². The van der Waals surface area contributed by atoms with Crippen LogP contribution in [0.1, 0.15) is 36.0 Å². The number of ketones is 1. The minimum atomic E-state index is -0.834. The zero-order valence-corrected chi connectivity index (χ0v) is 11.9. The van der Waals surface area contributed by atoms with Crippen molar-refractivity contribution < 1.29 is 14.7 Å². The summed E-state index contributed by atoms with van der Waals surface area (Å²) in [7, 11) is 0. The van der Waals surface area contributed by atoms with Gasteiger partial charge in [0, 0.05) is 24.9 Å². The lowest BCUT2D eigenvalue weighted by Gasteiger charge is -2.24. The van der Waals surface area contributed by atoms with Crippen LogP contribution >= 0.6 is 12.2 Å². The number of hydrogen-bond acceptors (Lipinski definition) is 3. The normalized spacial score (nSPS) is 18.0. The summed E-state index contributed by atoms with van der Waals surface area (Å²) in [5, 5.41) is 9.12. The number of hydrogen-bond donors (Lipinski definition) is 1. The Labute approximate surface area is 123 Å². The highest BCUT2D eigenvalue weighted by atomic mass is 32.1. The van der Waals surface area contributed by atoms with Gasteiger partial charge in [0.15, 0.2) is 5.78 Å². The van der Waals surface area contributed by atoms with E-state index in [1.165, 1.54) is 0 Å². The standard InChI is InChI=1S/C15H17NO3S/c17-13(11-5-2-1-3-6-11)8-9-14(20)16-10-4-7-12(16)15(18)19/h1-3,5-6,12H,4,7-10H2,(H,18,19)/t12-/m0/s1. The Bertz CT molecular complexity index is 515. The Morgan fingerprint density at radius 3 is 2.60 bits per heavy atom. The third-order valence-electron chi connectivity index (χ3n) is 3.52. The molecule has 1 N–H and O–H groups in total. The molecular formula is C15H17NO3S. The number of aliphatic carboxylic acids is 1. The van der Waals surface area contributed by atoms with E-state index < -0.39 is 12.0 Å². The molecule has 20 heavy (non-hydrogen) atoms. The molecule has 0 amide bonds. The van der Waals surface area contributed by atoms with Gasteiger partial charge in [0.1, 0.15) is 6.04 Å². The van der Waals surface area contributed by atoms with Crippen molar-refractivity contribution in [3.8, 4) is 0 Å². The van der Waals surface area contributed by atoms with Crippen LogP contribution in [0.25, 0.3) is 0 Å². The van der Waals surface area contributed by atoms with Crippen molar-refractivity contribution in [3.05, 3.63) is 35.9 Å². The van der Waals surface area contributed by atoms with Crippen molar-refractivity contribution >= 4 is 29.0 Å². The van der Waals surface area contributed by atoms with Gasteiger partial charge in [0.2, 0.25) is 0 Å². The largest absolute Gasteiger partial charge is 0.480 e. The van der Waals surface area contributed by atoms with E-state index in [0.29, 0.717) is 36.4 Å². The molecule has 2 rings (SSSR count). The van der Waals surface area contributed by atoms with Crippen LogP contribution in [0, 0.1) is 0 Å². The van der Waals surface area contributed by atoms with Crippen molar-refractivity contribution in [1.29, 1.82) is 0 Å². The van der Waals surface area contributed by atoms with Gasteiger partial charge in [-0.25, -0.2) is 4.79 Å². The Kier molecular flexibility index (Phi) is 4.84. The number of carbonyl (C=O) groups is 2. The number of rotatable bonds is 5. The van der Waals surface area contributed by atoms with Gasteiger partial charge in [-0.15, -0.1) is 0 Å². The minimum Gasteiger partial charge on any atom is -0.480 e. The first-order valence-corrected chi connectivity index (χ1v) is 7.11. The first-order valence-electron chi connectivity index (χ1n) is 6.70. The van der Waals surface area contributed by atoms with Crippen LogP contribution in [-0.2, 0) is 4.79 Å². The molecule has 106 valence electrons. The number of likely N-dealkylation sites (tertiary alicyclic amines) is 1. The van der Waals surface area contributed by atoms with E-state index in [1.807, 2.05) is 18.2 Å². The van der Waals surface area contributed by atoms with Crippen LogP contribution in [0.4, 0.5) is 0 Å². The van der Waals surface area contributed by atoms with Crippen molar-refractivity contribution in [1.82, 2.24) is 4.90 Å². The molecule has 1 aliphatic heterocycles. The fourth-order valence-electron chi connectivity index (χ4n) is 2.45. The molecule has 1 fully saturated rings. The summed E-state index contributed by atoms with van der Waals surface area (Å²) in [6.07, 6.45) is 2.23. The van der Waals surface area contributed by atoms with Crippen molar-refractivity contribution in [2.75, 3.05) is 6.54 Å². The van der Waals surface area contributed by atoms with Crippen LogP contribution in [0.3, 0.4) is 0 Å². The molecule has 0 aromatic heterocycles. The molecule has 1 aromatic carbocycles. The van der Waals surface area contributed by atoms with Gasteiger partial charge in [0.25, 0.3) is 0 Å². The monoisotopic (exact) mass is 291 g/mol. The molecule has 1 aliphatic rings. The smallest absolute Gasteiger partial charge is 0.326 e. The predicted molar refractivity (Wildman–Crippen MR) is 80.0 cm³/mol. The maximum Gasteiger partial charge on any atom is 0.326 e. The van der Waals surface area contributed by atoms with Gasteiger partial charge in [-0.05, 0) is 12.8 Å². The van der Waals surface area contributed by atoms with Crippen molar-refractivity contribution in [2.24, 2.45) is 0 Å². The Morgan fingerprint density at radius 1 is 1.25 bits per heavy atom. The SMILES string of the molecule is O=C(CCC(=S)N1CCC[C@H]1C(=O)O)c1ccccc1. The van der Waals surface area contributed by atoms with E-state index in [2.05, 4.69) is 0 Å². The number of nitrogens with zero attached hydrogens (tertiary/aromatic N) is 1. The van der Waals surface area contributed by atoms with Gasteiger partial charge in [0.05, 0.1) is 4.99 Å². The third-order valence-corrected chi connectivity index (χ3v) is 3.96. The zero-order valence-electron chi connectivity index (χ0n) is 11.1. The summed E-state index contributed by atoms with van der Waals surface area (Å²) in [5.41, 5.74) is 0.673. The Balaban J connectivity index is 1.89. The summed E-state index contributed by atoms with van der Waals surface area (Å²) in [5.74, 6) is -0.793. The van der Waals surface area contributed by atoms with E-state index in [4.69, 9.17) is 17.3 Å². The molecule has 0 bridgehead atoms. The van der Waals surface area contributed by atoms with Crippen LogP contribution in [-0.4, -0.2) is 39.3 Å². The average Bonchev–Trinajstić information content (AvgIpc) is 2.95. The first-order chi connectivity index (χ1) is 9.59. The second kappa shape index (κ2) is 6.61. The van der Waals surface area contributed by atoms with Crippen molar-refractivity contribution in [3.63, 3.8) is 0 Å². The number of carbonyl (C=O) groups excluding carboxylic acids is 1. The van der Waals surface area contributed by atoms with Gasteiger partial charge in [-0.3, -0.25) is 4.79 Å². The van der Waals surface area contributed by atoms with Crippen LogP contribution < -0.4 is 0 Å². The molecule has 0 radical (unpaired) electrons. The number of carboxylic acid groups (broad SMARTS) is 1. The Hall–Kier alpha value is -1.75. The molecule has 4 nitrogen and oxygen atoms in total. The van der Waals surface area contributed by atoms with Crippen molar-refractivity contribution in [2.45, 2.75) is 31.7 Å². The molecule has 1 heterocycles. The summed E-state index contributed by atoms with van der Waals surface area (Å²) < 4.78 is 0. The molecule has 0 aliphatic carbocycles. The molecule has 1 saturated heterocycles. The maximum atomic E-state index is 12.0. The fourth-order valence-corrected chi connectivity index (χ4v) is 2.77. The number of Topliss-reactive ketones (excluding diaryl/α,β-unsaturated/α-hetero) is 1. The van der Waals surface area contributed by atoms with Gasteiger partial charge in [-0.2, -0.15) is 0 Å². The van der Waals surface area contributed by atoms with Crippen LogP contribution in [0.15, 0.2) is 30.3 Å². The lowest BCUT2D eigenvalue weighted by Crippen LogP contribution is -2.39. The van der Waals surface area contributed by atoms with Crippen LogP contribution in [0.2, 0.25) is 0 Å². The minimum absolute atomic E-state index is 0.0408. The van der Waals surface area contributed by atoms with Gasteiger partial charge >= 0.3 is 5.97 Å². The summed E-state index contributed by atoms with van der Waals surface area (Å²) in [4.78, 5) is 25.4. The molecule has 0 spiro atoms. The van der Waals surface area contributed by atoms with Gasteiger partial charge in [-0.1, -0.05) is 42.5 Å². The summed E-state index contributed by atoms with van der Waals surface area (Å²) in [6.45, 7) is 0.676. The zero-order chi connectivity index (χ0) is 14.5. The number of thiocarbonyl (C=S) groups is 1. The molecule has 1 aromatic rings. The fraction of sp³-hybridized carbons (Fsp3) is 0.400. The predicted octanol–water partition coefficient (Wildman–Crippen LogP) is 2.53. The molecule has 0 unspecified atom stereocenters. The number of benzene rings is 1. The lowest BCUT2D eigenvalue weighted by molar-refractivity contribution is -0.140. The molecule has 1 atom stereocenters. The van der Waals surface area contributed by atoms with E-state index in [0.717, 1.165) is 6.42 Å². The van der Waals surface area contributed by atoms with E-state index >= 15 is 0 Å². The maximum absolute atomic E-state index is 12.0. The quantitative estimate of drug-likeness (QED) is 0.667.